The van der Waals surface area contributed by atoms with Crippen molar-refractivity contribution in [3.05, 3.63) is 65.2 Å². The molecule has 3 rings (SSSR count). The molecule has 0 saturated heterocycles. The van der Waals surface area contributed by atoms with Crippen molar-refractivity contribution in [2.24, 2.45) is 0 Å². The van der Waals surface area contributed by atoms with E-state index in [4.69, 9.17) is 4.42 Å². The fraction of sp³-hybridized carbons (Fsp3) is 0.222. The molecule has 23 heavy (non-hydrogen) atoms. The number of aliphatic hydroxyl groups is 1. The van der Waals surface area contributed by atoms with Crippen molar-refractivity contribution in [3.8, 4) is 11.5 Å². The van der Waals surface area contributed by atoms with Crippen LogP contribution in [0, 0.1) is 13.8 Å². The lowest BCUT2D eigenvalue weighted by Gasteiger charge is -2.09. The van der Waals surface area contributed by atoms with E-state index in [0.29, 0.717) is 16.9 Å². The maximum absolute atomic E-state index is 10.2. The van der Waals surface area contributed by atoms with Gasteiger partial charge in [0.2, 0.25) is 5.89 Å². The lowest BCUT2D eigenvalue weighted by atomic mass is 10.1. The van der Waals surface area contributed by atoms with Crippen molar-refractivity contribution in [2.45, 2.75) is 25.2 Å². The molecule has 1 heterocycles. The van der Waals surface area contributed by atoms with Crippen LogP contribution in [0.2, 0.25) is 0 Å². The van der Waals surface area contributed by atoms with E-state index in [1.165, 1.54) is 22.9 Å². The van der Waals surface area contributed by atoms with E-state index < -0.39 is 6.10 Å². The average molecular weight is 326 g/mol. The lowest BCUT2D eigenvalue weighted by Crippen LogP contribution is -2.00. The highest BCUT2D eigenvalue weighted by Crippen LogP contribution is 2.27. The van der Waals surface area contributed by atoms with E-state index in [2.05, 4.69) is 10.2 Å². The first-order chi connectivity index (χ1) is 11.1. The summed E-state index contributed by atoms with van der Waals surface area (Å²) in [6, 6.07) is 15.8. The summed E-state index contributed by atoms with van der Waals surface area (Å²) in [5.41, 5.74) is 4.15. The summed E-state index contributed by atoms with van der Waals surface area (Å²) >= 11 is 1.36. The van der Waals surface area contributed by atoms with Crippen LogP contribution in [0.4, 0.5) is 0 Å². The van der Waals surface area contributed by atoms with Gasteiger partial charge in [-0.05, 0) is 31.5 Å². The number of benzene rings is 2. The number of hydrogen-bond acceptors (Lipinski definition) is 5. The first kappa shape index (κ1) is 15.8. The highest BCUT2D eigenvalue weighted by atomic mass is 32.2. The van der Waals surface area contributed by atoms with Gasteiger partial charge in [0.15, 0.2) is 0 Å². The molecule has 4 nitrogen and oxygen atoms in total. The van der Waals surface area contributed by atoms with Crippen molar-refractivity contribution in [3.63, 3.8) is 0 Å². The van der Waals surface area contributed by atoms with Crippen LogP contribution >= 0.6 is 11.8 Å². The fourth-order valence-electron chi connectivity index (χ4n) is 2.12. The molecule has 0 aliphatic carbocycles. The first-order valence-electron chi connectivity index (χ1n) is 7.40. The van der Waals surface area contributed by atoms with Crippen LogP contribution in [0.25, 0.3) is 11.5 Å². The Morgan fingerprint density at radius 2 is 1.57 bits per heavy atom. The second kappa shape index (κ2) is 6.98. The van der Waals surface area contributed by atoms with E-state index in [1.54, 1.807) is 0 Å². The Labute approximate surface area is 139 Å². The number of rotatable bonds is 5. The quantitative estimate of drug-likeness (QED) is 0.713. The molecule has 118 valence electrons. The third-order valence-electron chi connectivity index (χ3n) is 3.53. The number of thioether (sulfide) groups is 1. The summed E-state index contributed by atoms with van der Waals surface area (Å²) in [6.45, 7) is 4.06. The fourth-order valence-corrected chi connectivity index (χ4v) is 2.85. The Balaban J connectivity index is 1.63. The molecule has 0 aliphatic heterocycles. The number of aryl methyl sites for hydroxylation is 2. The van der Waals surface area contributed by atoms with Gasteiger partial charge in [-0.3, -0.25) is 0 Å². The van der Waals surface area contributed by atoms with Crippen LogP contribution in [0.5, 0.6) is 0 Å². The molecule has 0 amide bonds. The minimum absolute atomic E-state index is 0.465. The van der Waals surface area contributed by atoms with Crippen LogP contribution in [-0.2, 0) is 0 Å². The molecule has 0 radical (unpaired) electrons. The first-order valence-corrected chi connectivity index (χ1v) is 8.38. The van der Waals surface area contributed by atoms with Crippen LogP contribution in [-0.4, -0.2) is 21.1 Å². The predicted molar refractivity (Wildman–Crippen MR) is 91.3 cm³/mol. The molecular formula is C18H18N2O2S. The highest BCUT2D eigenvalue weighted by Gasteiger charge is 2.13. The number of aliphatic hydroxyl groups excluding tert-OH is 1. The Morgan fingerprint density at radius 1 is 0.957 bits per heavy atom. The Morgan fingerprint density at radius 3 is 2.22 bits per heavy atom. The van der Waals surface area contributed by atoms with Gasteiger partial charge < -0.3 is 9.52 Å². The van der Waals surface area contributed by atoms with E-state index >= 15 is 0 Å². The van der Waals surface area contributed by atoms with Gasteiger partial charge in [-0.15, -0.1) is 10.2 Å². The molecule has 1 atom stereocenters. The second-order valence-electron chi connectivity index (χ2n) is 5.48. The van der Waals surface area contributed by atoms with Crippen LogP contribution < -0.4 is 0 Å². The summed E-state index contributed by atoms with van der Waals surface area (Å²) in [5.74, 6) is 0.968. The van der Waals surface area contributed by atoms with Gasteiger partial charge in [0.25, 0.3) is 5.22 Å². The number of aromatic nitrogens is 2. The zero-order chi connectivity index (χ0) is 16.2. The van der Waals surface area contributed by atoms with E-state index in [-0.39, 0.29) is 0 Å². The molecule has 0 bridgehead atoms. The molecular weight excluding hydrogens is 308 g/mol. The maximum atomic E-state index is 10.2. The molecule has 5 heteroatoms. The molecule has 3 aromatic rings. The zero-order valence-corrected chi connectivity index (χ0v) is 13.9. The van der Waals surface area contributed by atoms with Gasteiger partial charge in [-0.25, -0.2) is 0 Å². The summed E-state index contributed by atoms with van der Waals surface area (Å²) in [5, 5.41) is 18.8. The van der Waals surface area contributed by atoms with E-state index in [9.17, 15) is 5.11 Å². The van der Waals surface area contributed by atoms with E-state index in [0.717, 1.165) is 11.1 Å². The molecule has 0 aliphatic rings. The Kier molecular flexibility index (Phi) is 4.79. The largest absolute Gasteiger partial charge is 0.411 e. The number of nitrogens with zero attached hydrogens (tertiary/aromatic N) is 2. The Hall–Kier alpha value is -2.11. The highest BCUT2D eigenvalue weighted by molar-refractivity contribution is 7.99. The van der Waals surface area contributed by atoms with Crippen LogP contribution in [0.15, 0.2) is 58.2 Å². The molecule has 1 unspecified atom stereocenters. The SMILES string of the molecule is Cc1ccc(-c2nnc(SCC(O)c3ccc(C)cc3)o2)cc1. The third-order valence-corrected chi connectivity index (χ3v) is 4.43. The molecule has 2 aromatic carbocycles. The smallest absolute Gasteiger partial charge is 0.276 e. The van der Waals surface area contributed by atoms with Crippen LogP contribution in [0.3, 0.4) is 0 Å². The summed E-state index contributed by atoms with van der Waals surface area (Å²) in [4.78, 5) is 0. The van der Waals surface area contributed by atoms with Gasteiger partial charge in [0.05, 0.1) is 6.10 Å². The predicted octanol–water partition coefficient (Wildman–Crippen LogP) is 4.18. The lowest BCUT2D eigenvalue weighted by molar-refractivity contribution is 0.203. The average Bonchev–Trinajstić information content (AvgIpc) is 3.03. The zero-order valence-electron chi connectivity index (χ0n) is 13.1. The van der Waals surface area contributed by atoms with E-state index in [1.807, 2.05) is 62.4 Å². The van der Waals surface area contributed by atoms with Crippen molar-refractivity contribution >= 4 is 11.8 Å². The summed E-state index contributed by atoms with van der Waals surface area (Å²) < 4.78 is 5.64. The van der Waals surface area contributed by atoms with Gasteiger partial charge in [-0.1, -0.05) is 59.3 Å². The molecule has 1 aromatic heterocycles. The van der Waals surface area contributed by atoms with Gasteiger partial charge >= 0.3 is 0 Å². The molecule has 0 saturated carbocycles. The standard InChI is InChI=1S/C18H18N2O2S/c1-12-3-7-14(8-4-12)16(21)11-23-18-20-19-17(22-18)15-9-5-13(2)6-10-15/h3-10,16,21H,11H2,1-2H3. The maximum Gasteiger partial charge on any atom is 0.276 e. The Bertz CT molecular complexity index is 766. The van der Waals surface area contributed by atoms with Crippen molar-refractivity contribution in [2.75, 3.05) is 5.75 Å². The summed E-state index contributed by atoms with van der Waals surface area (Å²) in [7, 11) is 0. The van der Waals surface area contributed by atoms with Crippen molar-refractivity contribution in [1.82, 2.24) is 10.2 Å². The van der Waals surface area contributed by atoms with Crippen LogP contribution in [0.1, 0.15) is 22.8 Å². The monoisotopic (exact) mass is 326 g/mol. The number of hydrogen-bond donors (Lipinski definition) is 1. The summed E-state index contributed by atoms with van der Waals surface area (Å²) in [6.07, 6.45) is -0.560. The normalized spacial score (nSPS) is 12.3. The topological polar surface area (TPSA) is 59.2 Å². The minimum atomic E-state index is -0.560. The minimum Gasteiger partial charge on any atom is -0.411 e. The van der Waals surface area contributed by atoms with Crippen molar-refractivity contribution < 1.29 is 9.52 Å². The third kappa shape index (κ3) is 4.00. The molecule has 0 fully saturated rings. The molecule has 0 spiro atoms. The molecule has 1 N–H and O–H groups in total. The van der Waals surface area contributed by atoms with Gasteiger partial charge in [0, 0.05) is 11.3 Å². The van der Waals surface area contributed by atoms with Crippen molar-refractivity contribution in [1.29, 1.82) is 0 Å². The van der Waals surface area contributed by atoms with Gasteiger partial charge in [0.1, 0.15) is 0 Å². The second-order valence-corrected chi connectivity index (χ2v) is 6.45. The van der Waals surface area contributed by atoms with Gasteiger partial charge in [-0.2, -0.15) is 0 Å².